The lowest BCUT2D eigenvalue weighted by atomic mass is 10.0. The monoisotopic (exact) mass is 457 g/mol. The first kappa shape index (κ1) is 22.9. The lowest BCUT2D eigenvalue weighted by Crippen LogP contribution is -2.45. The van der Waals surface area contributed by atoms with Crippen LogP contribution in [0, 0.1) is 16.0 Å². The molecule has 0 saturated heterocycles. The van der Waals surface area contributed by atoms with Crippen LogP contribution in [-0.2, 0) is 16.1 Å². The number of fused-ring (bicyclic) bond motifs is 1. The third-order valence-corrected chi connectivity index (χ3v) is 4.95. The number of carbonyl (C=O) groups excluding carboxylic acids is 2. The molecule has 0 bridgehead atoms. The van der Waals surface area contributed by atoms with E-state index < -0.39 is 28.5 Å². The molecule has 0 fully saturated rings. The van der Waals surface area contributed by atoms with Crippen LogP contribution >= 0.6 is 11.6 Å². The molecule has 0 aliphatic rings. The molecule has 2 aromatic carbocycles. The molecule has 0 unspecified atom stereocenters. The van der Waals surface area contributed by atoms with E-state index in [1.807, 2.05) is 6.07 Å². The van der Waals surface area contributed by atoms with E-state index in [4.69, 9.17) is 22.1 Å². The van der Waals surface area contributed by atoms with E-state index >= 15 is 0 Å². The smallest absolute Gasteiger partial charge is 0.329 e. The minimum Gasteiger partial charge on any atom is -0.456 e. The standard InChI is InChI=1S/C21H20ClN5O5/c1-11(2)18(26-20(28)12-7-8-14(22)16(9-12)27(30)31)21(29)32-10-17-24-15-6-4-3-5-13(15)19(23)25-17/h3-9,11,18H,10H2,1-2H3,(H,26,28)(H2,23,24,25)/t18-/m0/s1. The molecule has 0 aliphatic carbocycles. The van der Waals surface area contributed by atoms with Crippen molar-refractivity contribution in [3.8, 4) is 0 Å². The van der Waals surface area contributed by atoms with E-state index in [1.165, 1.54) is 12.1 Å². The highest BCUT2D eigenvalue weighted by molar-refractivity contribution is 6.32. The van der Waals surface area contributed by atoms with Gasteiger partial charge in [-0.15, -0.1) is 0 Å². The summed E-state index contributed by atoms with van der Waals surface area (Å²) >= 11 is 5.78. The molecule has 3 N–H and O–H groups in total. The number of amides is 1. The van der Waals surface area contributed by atoms with Gasteiger partial charge in [-0.2, -0.15) is 0 Å². The molecule has 0 saturated carbocycles. The Morgan fingerprint density at radius 1 is 1.22 bits per heavy atom. The Hall–Kier alpha value is -3.79. The lowest BCUT2D eigenvalue weighted by Gasteiger charge is -2.20. The molecule has 0 aliphatic heterocycles. The Bertz CT molecular complexity index is 1200. The fraction of sp³-hybridized carbons (Fsp3) is 0.238. The molecular weight excluding hydrogens is 438 g/mol. The van der Waals surface area contributed by atoms with E-state index in [-0.39, 0.29) is 34.8 Å². The van der Waals surface area contributed by atoms with Gasteiger partial charge in [0.05, 0.1) is 10.4 Å². The van der Waals surface area contributed by atoms with Crippen molar-refractivity contribution in [3.05, 3.63) is 69.0 Å². The van der Waals surface area contributed by atoms with Gasteiger partial charge in [-0.05, 0) is 30.2 Å². The normalized spacial score (nSPS) is 11.9. The van der Waals surface area contributed by atoms with Crippen molar-refractivity contribution < 1.29 is 19.2 Å². The van der Waals surface area contributed by atoms with Crippen LogP contribution in [0.5, 0.6) is 0 Å². The molecule has 0 radical (unpaired) electrons. The number of nitrogens with one attached hydrogen (secondary N) is 1. The zero-order valence-electron chi connectivity index (χ0n) is 17.2. The summed E-state index contributed by atoms with van der Waals surface area (Å²) in [6.45, 7) is 3.21. The number of benzene rings is 2. The number of nitrogens with zero attached hydrogens (tertiary/aromatic N) is 3. The number of esters is 1. The van der Waals surface area contributed by atoms with Gasteiger partial charge < -0.3 is 15.8 Å². The topological polar surface area (TPSA) is 150 Å². The summed E-state index contributed by atoms with van der Waals surface area (Å²) < 4.78 is 5.31. The molecule has 1 heterocycles. The van der Waals surface area contributed by atoms with Gasteiger partial charge in [0, 0.05) is 17.0 Å². The molecule has 166 valence electrons. The Kier molecular flexibility index (Phi) is 6.84. The van der Waals surface area contributed by atoms with Gasteiger partial charge in [-0.25, -0.2) is 14.8 Å². The van der Waals surface area contributed by atoms with Crippen molar-refractivity contribution in [3.63, 3.8) is 0 Å². The predicted octanol–water partition coefficient (Wildman–Crippen LogP) is 3.27. The number of halogens is 1. The summed E-state index contributed by atoms with van der Waals surface area (Å²) in [5, 5.41) is 14.2. The van der Waals surface area contributed by atoms with Crippen LogP contribution in [0.15, 0.2) is 42.5 Å². The van der Waals surface area contributed by atoms with Gasteiger partial charge in [0.2, 0.25) is 0 Å². The van der Waals surface area contributed by atoms with Crippen LogP contribution in [0.2, 0.25) is 5.02 Å². The van der Waals surface area contributed by atoms with Crippen molar-refractivity contribution in [2.24, 2.45) is 5.92 Å². The Labute approximate surface area is 187 Å². The lowest BCUT2D eigenvalue weighted by molar-refractivity contribution is -0.384. The van der Waals surface area contributed by atoms with Crippen molar-refractivity contribution in [2.45, 2.75) is 26.5 Å². The summed E-state index contributed by atoms with van der Waals surface area (Å²) in [5.41, 5.74) is 6.14. The number of ether oxygens (including phenoxy) is 1. The van der Waals surface area contributed by atoms with Crippen LogP contribution in [0.25, 0.3) is 10.9 Å². The highest BCUT2D eigenvalue weighted by Gasteiger charge is 2.27. The number of nitrogens with two attached hydrogens (primary N) is 1. The zero-order valence-corrected chi connectivity index (χ0v) is 18.0. The molecule has 3 rings (SSSR count). The summed E-state index contributed by atoms with van der Waals surface area (Å²) in [7, 11) is 0. The number of para-hydroxylation sites is 1. The number of carbonyl (C=O) groups is 2. The number of hydrogen-bond donors (Lipinski definition) is 2. The van der Waals surface area contributed by atoms with Crippen molar-refractivity contribution >= 4 is 45.9 Å². The highest BCUT2D eigenvalue weighted by atomic mass is 35.5. The van der Waals surface area contributed by atoms with Crippen molar-refractivity contribution in [2.75, 3.05) is 5.73 Å². The van der Waals surface area contributed by atoms with Crippen LogP contribution in [-0.4, -0.2) is 32.8 Å². The van der Waals surface area contributed by atoms with Gasteiger partial charge in [0.1, 0.15) is 16.9 Å². The Balaban J connectivity index is 1.72. The van der Waals surface area contributed by atoms with Gasteiger partial charge in [0.25, 0.3) is 11.6 Å². The molecular formula is C21H20ClN5O5. The molecule has 0 spiro atoms. The van der Waals surface area contributed by atoms with Crippen LogP contribution < -0.4 is 11.1 Å². The first-order chi connectivity index (χ1) is 15.2. The third kappa shape index (κ3) is 5.09. The van der Waals surface area contributed by atoms with Crippen molar-refractivity contribution in [1.82, 2.24) is 15.3 Å². The number of nitro groups is 1. The molecule has 10 nitrogen and oxygen atoms in total. The van der Waals surface area contributed by atoms with Crippen molar-refractivity contribution in [1.29, 1.82) is 0 Å². The number of nitrogen functional groups attached to an aromatic ring is 1. The average Bonchev–Trinajstić information content (AvgIpc) is 2.75. The minimum absolute atomic E-state index is 0.00909. The van der Waals surface area contributed by atoms with Crippen LogP contribution in [0.3, 0.4) is 0 Å². The summed E-state index contributed by atoms with van der Waals surface area (Å²) in [6.07, 6.45) is 0. The summed E-state index contributed by atoms with van der Waals surface area (Å²) in [4.78, 5) is 44.1. The minimum atomic E-state index is -1.00. The Morgan fingerprint density at radius 2 is 1.94 bits per heavy atom. The SMILES string of the molecule is CC(C)[C@H](NC(=O)c1ccc(Cl)c([N+](=O)[O-])c1)C(=O)OCc1nc(N)c2ccccc2n1. The molecule has 3 aromatic rings. The molecule has 32 heavy (non-hydrogen) atoms. The highest BCUT2D eigenvalue weighted by Crippen LogP contribution is 2.25. The number of rotatable bonds is 7. The van der Waals surface area contributed by atoms with E-state index in [0.717, 1.165) is 6.07 Å². The third-order valence-electron chi connectivity index (χ3n) is 4.63. The predicted molar refractivity (Wildman–Crippen MR) is 118 cm³/mol. The Morgan fingerprint density at radius 3 is 2.62 bits per heavy atom. The molecule has 1 atom stereocenters. The number of hydrogen-bond acceptors (Lipinski definition) is 8. The van der Waals surface area contributed by atoms with Crippen LogP contribution in [0.4, 0.5) is 11.5 Å². The van der Waals surface area contributed by atoms with Gasteiger partial charge in [-0.3, -0.25) is 14.9 Å². The fourth-order valence-electron chi connectivity index (χ4n) is 2.96. The summed E-state index contributed by atoms with van der Waals surface area (Å²) in [6, 6.07) is 9.79. The maximum atomic E-state index is 12.6. The molecule has 1 aromatic heterocycles. The summed E-state index contributed by atoms with van der Waals surface area (Å²) in [5.74, 6) is -1.22. The van der Waals surface area contributed by atoms with Gasteiger partial charge in [-0.1, -0.05) is 37.6 Å². The largest absolute Gasteiger partial charge is 0.456 e. The van der Waals surface area contributed by atoms with Gasteiger partial charge in [0.15, 0.2) is 12.4 Å². The maximum Gasteiger partial charge on any atom is 0.329 e. The first-order valence-corrected chi connectivity index (χ1v) is 9.97. The van der Waals surface area contributed by atoms with Gasteiger partial charge >= 0.3 is 5.97 Å². The van der Waals surface area contributed by atoms with E-state index in [2.05, 4.69) is 15.3 Å². The number of anilines is 1. The molecule has 1 amide bonds. The molecule has 11 heteroatoms. The zero-order chi connectivity index (χ0) is 23.4. The number of nitro benzene ring substituents is 1. The van der Waals surface area contributed by atoms with E-state index in [9.17, 15) is 19.7 Å². The fourth-order valence-corrected chi connectivity index (χ4v) is 3.14. The van der Waals surface area contributed by atoms with E-state index in [1.54, 1.807) is 32.0 Å². The second kappa shape index (κ2) is 9.56. The quantitative estimate of drug-likeness (QED) is 0.311. The first-order valence-electron chi connectivity index (χ1n) is 9.60. The second-order valence-electron chi connectivity index (χ2n) is 7.27. The van der Waals surface area contributed by atoms with Crippen LogP contribution in [0.1, 0.15) is 30.0 Å². The second-order valence-corrected chi connectivity index (χ2v) is 7.68. The van der Waals surface area contributed by atoms with E-state index in [0.29, 0.717) is 10.9 Å². The number of aromatic nitrogens is 2. The average molecular weight is 458 g/mol. The maximum absolute atomic E-state index is 12.6.